The Kier molecular flexibility index (Phi) is 4.02. The number of carbonyl (C=O) groups is 1. The molecular formula is C15H24O4. The number of carbonyl (C=O) groups excluding carboxylic acids is 1. The van der Waals surface area contributed by atoms with Crippen LogP contribution in [0.15, 0.2) is 12.2 Å². The highest BCUT2D eigenvalue weighted by Gasteiger charge is 2.49. The maximum absolute atomic E-state index is 11.6. The minimum absolute atomic E-state index is 0.0383. The van der Waals surface area contributed by atoms with Gasteiger partial charge in [0.1, 0.15) is 0 Å². The smallest absolute Gasteiger partial charge is 0.333 e. The first-order valence-corrected chi connectivity index (χ1v) is 7.02. The molecule has 4 heteroatoms. The summed E-state index contributed by atoms with van der Waals surface area (Å²) >= 11 is 0. The van der Waals surface area contributed by atoms with Crippen molar-refractivity contribution in [3.05, 3.63) is 12.2 Å². The predicted octanol–water partition coefficient (Wildman–Crippen LogP) is 1.65. The highest BCUT2D eigenvalue weighted by molar-refractivity contribution is 5.88. The van der Waals surface area contributed by atoms with E-state index in [1.54, 1.807) is 0 Å². The van der Waals surface area contributed by atoms with Gasteiger partial charge in [0.05, 0.1) is 19.3 Å². The lowest BCUT2D eigenvalue weighted by atomic mass is 9.56. The van der Waals surface area contributed by atoms with E-state index in [0.717, 1.165) is 19.3 Å². The largest absolute Gasteiger partial charge is 0.466 e. The van der Waals surface area contributed by atoms with Crippen LogP contribution in [0.4, 0.5) is 0 Å². The van der Waals surface area contributed by atoms with Crippen LogP contribution < -0.4 is 0 Å². The maximum atomic E-state index is 11.6. The van der Waals surface area contributed by atoms with Gasteiger partial charge in [-0.1, -0.05) is 13.5 Å². The number of ether oxygens (including phenoxy) is 1. The summed E-state index contributed by atoms with van der Waals surface area (Å²) in [5, 5.41) is 20.1. The molecule has 2 saturated carbocycles. The molecule has 0 aromatic rings. The van der Waals surface area contributed by atoms with Crippen molar-refractivity contribution >= 4 is 5.97 Å². The summed E-state index contributed by atoms with van der Waals surface area (Å²) < 4.78 is 4.72. The minimum Gasteiger partial charge on any atom is -0.466 e. The lowest BCUT2D eigenvalue weighted by Gasteiger charge is -2.51. The number of fused-ring (bicyclic) bond motifs is 1. The molecule has 4 nitrogen and oxygen atoms in total. The zero-order chi connectivity index (χ0) is 14.2. The van der Waals surface area contributed by atoms with Crippen molar-refractivity contribution in [2.24, 2.45) is 17.3 Å². The van der Waals surface area contributed by atoms with Crippen molar-refractivity contribution in [3.63, 3.8) is 0 Å². The molecule has 2 aliphatic carbocycles. The lowest BCUT2D eigenvalue weighted by molar-refractivity contribution is -0.139. The van der Waals surface area contributed by atoms with Gasteiger partial charge in [0.2, 0.25) is 0 Å². The highest BCUT2D eigenvalue weighted by Crippen LogP contribution is 2.52. The van der Waals surface area contributed by atoms with Crippen LogP contribution in [0.3, 0.4) is 0 Å². The summed E-state index contributed by atoms with van der Waals surface area (Å²) in [6, 6.07) is 0. The van der Waals surface area contributed by atoms with Gasteiger partial charge in [-0.15, -0.1) is 0 Å². The van der Waals surface area contributed by atoms with Crippen molar-refractivity contribution in [2.75, 3.05) is 7.11 Å². The average molecular weight is 268 g/mol. The Morgan fingerprint density at radius 2 is 1.95 bits per heavy atom. The van der Waals surface area contributed by atoms with Gasteiger partial charge in [-0.2, -0.15) is 0 Å². The molecule has 0 amide bonds. The summed E-state index contributed by atoms with van der Waals surface area (Å²) in [4.78, 5) is 11.6. The molecule has 0 spiro atoms. The fourth-order valence-corrected chi connectivity index (χ4v) is 3.79. The van der Waals surface area contributed by atoms with Crippen molar-refractivity contribution in [3.8, 4) is 0 Å². The van der Waals surface area contributed by atoms with E-state index < -0.39 is 12.2 Å². The van der Waals surface area contributed by atoms with E-state index in [4.69, 9.17) is 4.74 Å². The van der Waals surface area contributed by atoms with Crippen LogP contribution in [0.25, 0.3) is 0 Å². The normalized spacial score (nSPS) is 42.3. The monoisotopic (exact) mass is 268 g/mol. The molecule has 0 bridgehead atoms. The average Bonchev–Trinajstić information content (AvgIpc) is 2.41. The topological polar surface area (TPSA) is 66.8 Å². The molecule has 0 aliphatic heterocycles. The summed E-state index contributed by atoms with van der Waals surface area (Å²) in [6.07, 6.45) is 2.86. The third kappa shape index (κ3) is 2.56. The summed E-state index contributed by atoms with van der Waals surface area (Å²) in [6.45, 7) is 6.02. The molecule has 5 atom stereocenters. The van der Waals surface area contributed by atoms with E-state index >= 15 is 0 Å². The Morgan fingerprint density at radius 1 is 1.32 bits per heavy atom. The molecule has 0 heterocycles. The van der Waals surface area contributed by atoms with Crippen molar-refractivity contribution in [2.45, 2.75) is 51.2 Å². The second-order valence-electron chi connectivity index (χ2n) is 6.35. The van der Waals surface area contributed by atoms with Crippen LogP contribution in [-0.4, -0.2) is 35.5 Å². The van der Waals surface area contributed by atoms with Crippen molar-refractivity contribution < 1.29 is 19.7 Å². The van der Waals surface area contributed by atoms with E-state index in [-0.39, 0.29) is 23.2 Å². The van der Waals surface area contributed by atoms with E-state index in [1.165, 1.54) is 7.11 Å². The van der Waals surface area contributed by atoms with Gasteiger partial charge in [0.25, 0.3) is 0 Å². The van der Waals surface area contributed by atoms with Crippen molar-refractivity contribution in [1.82, 2.24) is 0 Å². The zero-order valence-electron chi connectivity index (χ0n) is 11.8. The van der Waals surface area contributed by atoms with Gasteiger partial charge >= 0.3 is 5.97 Å². The van der Waals surface area contributed by atoms with E-state index in [0.29, 0.717) is 18.4 Å². The third-order valence-electron chi connectivity index (χ3n) is 5.26. The fourth-order valence-electron chi connectivity index (χ4n) is 3.79. The fraction of sp³-hybridized carbons (Fsp3) is 0.800. The molecule has 2 rings (SSSR count). The van der Waals surface area contributed by atoms with E-state index in [9.17, 15) is 15.0 Å². The Balaban J connectivity index is 2.12. The molecule has 0 saturated heterocycles. The molecule has 108 valence electrons. The van der Waals surface area contributed by atoms with E-state index in [2.05, 4.69) is 13.5 Å². The molecule has 2 N–H and O–H groups in total. The first-order valence-electron chi connectivity index (χ1n) is 7.02. The standard InChI is InChI=1S/C15H24O4/c1-9(14(18)19-3)10-4-6-15(2)7-5-12(16)13(17)11(15)8-10/h10-13,16-17H,1,4-8H2,2-3H3/t10-,11+,12-,13+,15+/m1/s1. The van der Waals surface area contributed by atoms with E-state index in [1.807, 2.05) is 0 Å². The van der Waals surface area contributed by atoms with Crippen LogP contribution in [0.1, 0.15) is 39.0 Å². The van der Waals surface area contributed by atoms with Crippen LogP contribution in [0.5, 0.6) is 0 Å². The molecule has 19 heavy (non-hydrogen) atoms. The molecule has 0 unspecified atom stereocenters. The molecular weight excluding hydrogens is 244 g/mol. The maximum Gasteiger partial charge on any atom is 0.333 e. The highest BCUT2D eigenvalue weighted by atomic mass is 16.5. The Morgan fingerprint density at radius 3 is 2.58 bits per heavy atom. The van der Waals surface area contributed by atoms with Crippen LogP contribution >= 0.6 is 0 Å². The molecule has 2 fully saturated rings. The number of hydrogen-bond acceptors (Lipinski definition) is 4. The number of hydrogen-bond donors (Lipinski definition) is 2. The quantitative estimate of drug-likeness (QED) is 0.590. The minimum atomic E-state index is -0.688. The Labute approximate surface area is 114 Å². The second-order valence-corrected chi connectivity index (χ2v) is 6.35. The van der Waals surface area contributed by atoms with Gasteiger partial charge in [-0.25, -0.2) is 4.79 Å². The van der Waals surface area contributed by atoms with Gasteiger partial charge in [0, 0.05) is 5.57 Å². The van der Waals surface area contributed by atoms with Crippen LogP contribution in [-0.2, 0) is 9.53 Å². The Hall–Kier alpha value is -0.870. The summed E-state index contributed by atoms with van der Waals surface area (Å²) in [7, 11) is 1.36. The molecule has 0 aromatic carbocycles. The zero-order valence-corrected chi connectivity index (χ0v) is 11.8. The van der Waals surface area contributed by atoms with Crippen LogP contribution in [0, 0.1) is 17.3 Å². The third-order valence-corrected chi connectivity index (χ3v) is 5.26. The first-order chi connectivity index (χ1) is 8.89. The number of aliphatic hydroxyl groups excluding tert-OH is 2. The predicted molar refractivity (Wildman–Crippen MR) is 71.3 cm³/mol. The number of esters is 1. The number of rotatable bonds is 2. The first kappa shape index (κ1) is 14.5. The molecule has 0 aromatic heterocycles. The van der Waals surface area contributed by atoms with Gasteiger partial charge < -0.3 is 14.9 Å². The van der Waals surface area contributed by atoms with Gasteiger partial charge in [0.15, 0.2) is 0 Å². The molecule has 0 radical (unpaired) electrons. The van der Waals surface area contributed by atoms with Crippen LogP contribution in [0.2, 0.25) is 0 Å². The molecule has 2 aliphatic rings. The lowest BCUT2D eigenvalue weighted by Crippen LogP contribution is -2.50. The number of methoxy groups -OCH3 is 1. The van der Waals surface area contributed by atoms with Crippen molar-refractivity contribution in [1.29, 1.82) is 0 Å². The second kappa shape index (κ2) is 5.25. The number of aliphatic hydroxyl groups is 2. The Bertz CT molecular complexity index is 378. The summed E-state index contributed by atoms with van der Waals surface area (Å²) in [5.41, 5.74) is 0.572. The van der Waals surface area contributed by atoms with Gasteiger partial charge in [-0.3, -0.25) is 0 Å². The summed E-state index contributed by atoms with van der Waals surface area (Å²) in [5.74, 6) is -0.263. The van der Waals surface area contributed by atoms with Gasteiger partial charge in [-0.05, 0) is 49.4 Å². The SMILES string of the molecule is C=C(C(=O)OC)[C@@H]1CC[C@@]2(C)CC[C@@H](O)[C@@H](O)[C@@H]2C1.